The quantitative estimate of drug-likeness (QED) is 0.720. The van der Waals surface area contributed by atoms with E-state index in [1.807, 2.05) is 30.1 Å². The first-order valence-corrected chi connectivity index (χ1v) is 10.3. The number of hydrogen-bond acceptors (Lipinski definition) is 5. The van der Waals surface area contributed by atoms with E-state index in [1.165, 1.54) is 0 Å². The molecule has 27 heavy (non-hydrogen) atoms. The van der Waals surface area contributed by atoms with Gasteiger partial charge < -0.3 is 9.47 Å². The van der Waals surface area contributed by atoms with Crippen molar-refractivity contribution in [2.75, 3.05) is 39.3 Å². The summed E-state index contributed by atoms with van der Waals surface area (Å²) in [6.07, 6.45) is 3.40. The molecule has 1 N–H and O–H groups in total. The van der Waals surface area contributed by atoms with Gasteiger partial charge >= 0.3 is 0 Å². The van der Waals surface area contributed by atoms with Crippen molar-refractivity contribution in [2.24, 2.45) is 0 Å². The van der Waals surface area contributed by atoms with Gasteiger partial charge in [0.15, 0.2) is 11.5 Å². The molecule has 1 aromatic carbocycles. The second-order valence-corrected chi connectivity index (χ2v) is 8.47. The third-order valence-electron chi connectivity index (χ3n) is 4.77. The summed E-state index contributed by atoms with van der Waals surface area (Å²) < 4.78 is 37.6. The van der Waals surface area contributed by atoms with Crippen LogP contribution >= 0.6 is 0 Å². The second kappa shape index (κ2) is 8.14. The molecule has 1 aliphatic rings. The smallest absolute Gasteiger partial charge is 0.274 e. The van der Waals surface area contributed by atoms with Gasteiger partial charge in [-0.3, -0.25) is 4.90 Å². The summed E-state index contributed by atoms with van der Waals surface area (Å²) in [5.74, 6) is 2.18. The maximum absolute atomic E-state index is 12.6. The number of aromatic nitrogens is 1. The van der Waals surface area contributed by atoms with E-state index in [2.05, 4.69) is 4.98 Å². The molecule has 1 saturated heterocycles. The lowest BCUT2D eigenvalue weighted by Gasteiger charge is -2.17. The zero-order valence-corrected chi connectivity index (χ0v) is 16.8. The number of H-pyrrole nitrogens is 1. The number of pyridine rings is 1. The molecular formula is C19H26N3O4S+. The predicted molar refractivity (Wildman–Crippen MR) is 103 cm³/mol. The Morgan fingerprint density at radius 2 is 1.85 bits per heavy atom. The van der Waals surface area contributed by atoms with Crippen LogP contribution in [0.3, 0.4) is 0 Å². The third kappa shape index (κ3) is 4.01. The zero-order valence-electron chi connectivity index (χ0n) is 15.9. The Kier molecular flexibility index (Phi) is 5.86. The summed E-state index contributed by atoms with van der Waals surface area (Å²) in [4.78, 5) is 5.38. The molecule has 1 aliphatic heterocycles. The molecule has 2 heterocycles. The van der Waals surface area contributed by atoms with E-state index in [0.717, 1.165) is 24.2 Å². The molecule has 0 bridgehead atoms. The van der Waals surface area contributed by atoms with Crippen LogP contribution in [0.5, 0.6) is 11.5 Å². The molecule has 1 aromatic heterocycles. The van der Waals surface area contributed by atoms with Crippen molar-refractivity contribution in [3.63, 3.8) is 0 Å². The summed E-state index contributed by atoms with van der Waals surface area (Å²) >= 11 is 0. The molecule has 0 radical (unpaired) electrons. The van der Waals surface area contributed by atoms with Crippen LogP contribution in [-0.2, 0) is 16.6 Å². The van der Waals surface area contributed by atoms with E-state index < -0.39 is 10.0 Å². The number of aromatic amines is 1. The predicted octanol–water partition coefficient (Wildman–Crippen LogP) is 1.94. The first-order valence-electron chi connectivity index (χ1n) is 8.90. The summed E-state index contributed by atoms with van der Waals surface area (Å²) in [7, 11) is 1.74. The van der Waals surface area contributed by atoms with Crippen molar-refractivity contribution in [2.45, 2.75) is 24.3 Å². The molecule has 0 spiro atoms. The molecule has 0 unspecified atom stereocenters. The molecular weight excluding hydrogens is 366 g/mol. The summed E-state index contributed by atoms with van der Waals surface area (Å²) in [6.45, 7) is 1.77. The van der Waals surface area contributed by atoms with Crippen LogP contribution in [0.1, 0.15) is 18.4 Å². The molecule has 0 aliphatic carbocycles. The zero-order chi connectivity index (χ0) is 19.4. The SMILES string of the molecule is COc1cccc(CN(C)c2ccc(S(=O)(=O)N3CCCC3)c[nH+]2)c1OC. The highest BCUT2D eigenvalue weighted by molar-refractivity contribution is 7.89. The fourth-order valence-corrected chi connectivity index (χ4v) is 4.78. The van der Waals surface area contributed by atoms with E-state index in [4.69, 9.17) is 9.47 Å². The third-order valence-corrected chi connectivity index (χ3v) is 6.67. The molecule has 0 saturated carbocycles. The Morgan fingerprint density at radius 3 is 2.44 bits per heavy atom. The molecule has 0 atom stereocenters. The van der Waals surface area contributed by atoms with E-state index >= 15 is 0 Å². The fourth-order valence-electron chi connectivity index (χ4n) is 3.30. The van der Waals surface area contributed by atoms with Crippen molar-refractivity contribution >= 4 is 15.8 Å². The van der Waals surface area contributed by atoms with E-state index in [1.54, 1.807) is 36.9 Å². The average Bonchev–Trinajstić information content (AvgIpc) is 3.23. The Labute approximate surface area is 160 Å². The summed E-state index contributed by atoms with van der Waals surface area (Å²) in [5, 5.41) is 0. The van der Waals surface area contributed by atoms with Gasteiger partial charge in [0.25, 0.3) is 5.82 Å². The van der Waals surface area contributed by atoms with Gasteiger partial charge in [0, 0.05) is 24.7 Å². The highest BCUT2D eigenvalue weighted by atomic mass is 32.2. The molecule has 2 aromatic rings. The number of methoxy groups -OCH3 is 2. The van der Waals surface area contributed by atoms with Gasteiger partial charge in [-0.15, -0.1) is 0 Å². The lowest BCUT2D eigenvalue weighted by molar-refractivity contribution is -0.367. The van der Waals surface area contributed by atoms with Crippen LogP contribution < -0.4 is 19.4 Å². The largest absolute Gasteiger partial charge is 0.493 e. The van der Waals surface area contributed by atoms with Gasteiger partial charge in [-0.25, -0.2) is 13.4 Å². The molecule has 0 amide bonds. The number of hydrogen-bond donors (Lipinski definition) is 0. The number of nitrogens with zero attached hydrogens (tertiary/aromatic N) is 2. The first kappa shape index (κ1) is 19.4. The Bertz CT molecular complexity index is 878. The monoisotopic (exact) mass is 392 g/mol. The van der Waals surface area contributed by atoms with Crippen LogP contribution in [0.15, 0.2) is 41.4 Å². The second-order valence-electron chi connectivity index (χ2n) is 6.53. The Morgan fingerprint density at radius 1 is 1.11 bits per heavy atom. The Balaban J connectivity index is 1.78. The number of rotatable bonds is 7. The van der Waals surface area contributed by atoms with Gasteiger partial charge in [0.05, 0.1) is 21.3 Å². The van der Waals surface area contributed by atoms with Gasteiger partial charge in [0.2, 0.25) is 10.0 Å². The van der Waals surface area contributed by atoms with Crippen molar-refractivity contribution in [3.05, 3.63) is 42.1 Å². The molecule has 146 valence electrons. The van der Waals surface area contributed by atoms with Gasteiger partial charge in [0.1, 0.15) is 17.6 Å². The Hall–Kier alpha value is -2.32. The molecule has 3 rings (SSSR count). The van der Waals surface area contributed by atoms with Crippen LogP contribution in [0.2, 0.25) is 0 Å². The molecule has 7 nitrogen and oxygen atoms in total. The number of nitrogens with one attached hydrogen (secondary N) is 1. The highest BCUT2D eigenvalue weighted by Gasteiger charge is 2.28. The number of ether oxygens (including phenoxy) is 2. The van der Waals surface area contributed by atoms with E-state index in [-0.39, 0.29) is 0 Å². The highest BCUT2D eigenvalue weighted by Crippen LogP contribution is 2.31. The van der Waals surface area contributed by atoms with Crippen molar-refractivity contribution in [1.29, 1.82) is 0 Å². The molecule has 1 fully saturated rings. The van der Waals surface area contributed by atoms with Gasteiger partial charge in [-0.05, 0) is 25.0 Å². The molecule has 8 heteroatoms. The normalized spacial score (nSPS) is 14.9. The topological polar surface area (TPSA) is 73.2 Å². The van der Waals surface area contributed by atoms with Crippen LogP contribution in [0, 0.1) is 0 Å². The van der Waals surface area contributed by atoms with E-state index in [0.29, 0.717) is 36.0 Å². The number of anilines is 1. The van der Waals surface area contributed by atoms with Crippen LogP contribution in [-0.4, -0.2) is 47.1 Å². The maximum atomic E-state index is 12.6. The minimum Gasteiger partial charge on any atom is -0.493 e. The maximum Gasteiger partial charge on any atom is 0.274 e. The average molecular weight is 393 g/mol. The standard InChI is InChI=1S/C19H25N3O4S/c1-21(14-15-7-6-8-17(25-2)19(15)26-3)18-10-9-16(13-20-18)27(23,24)22-11-4-5-12-22/h6-10,13H,4-5,11-12,14H2,1-3H3/p+1. The minimum atomic E-state index is -3.41. The van der Waals surface area contributed by atoms with Gasteiger partial charge in [-0.1, -0.05) is 12.1 Å². The first-order chi connectivity index (χ1) is 13.0. The van der Waals surface area contributed by atoms with E-state index in [9.17, 15) is 8.42 Å². The lowest BCUT2D eigenvalue weighted by Crippen LogP contribution is -2.30. The summed E-state index contributed by atoms with van der Waals surface area (Å²) in [6, 6.07) is 9.19. The summed E-state index contributed by atoms with van der Waals surface area (Å²) in [5.41, 5.74) is 0.974. The number of para-hydroxylation sites is 1. The number of sulfonamides is 1. The van der Waals surface area contributed by atoms with Crippen LogP contribution in [0.25, 0.3) is 0 Å². The van der Waals surface area contributed by atoms with Crippen molar-refractivity contribution < 1.29 is 22.9 Å². The van der Waals surface area contributed by atoms with Crippen LogP contribution in [0.4, 0.5) is 5.82 Å². The minimum absolute atomic E-state index is 0.292. The lowest BCUT2D eigenvalue weighted by atomic mass is 10.1. The fraction of sp³-hybridized carbons (Fsp3) is 0.421. The van der Waals surface area contributed by atoms with Gasteiger partial charge in [-0.2, -0.15) is 4.31 Å². The van der Waals surface area contributed by atoms with Crippen molar-refractivity contribution in [1.82, 2.24) is 4.31 Å². The van der Waals surface area contributed by atoms with Crippen molar-refractivity contribution in [3.8, 4) is 11.5 Å². The number of benzene rings is 1.